The lowest BCUT2D eigenvalue weighted by Crippen LogP contribution is -2.36. The lowest BCUT2D eigenvalue weighted by Gasteiger charge is -2.22. The average molecular weight is 416 g/mol. The summed E-state index contributed by atoms with van der Waals surface area (Å²) in [7, 11) is -0.778. The van der Waals surface area contributed by atoms with Gasteiger partial charge in [-0.3, -0.25) is 9.52 Å². The molecule has 0 bridgehead atoms. The summed E-state index contributed by atoms with van der Waals surface area (Å²) in [6, 6.07) is 9.81. The highest BCUT2D eigenvalue weighted by atomic mass is 32.2. The highest BCUT2D eigenvalue weighted by molar-refractivity contribution is 7.92. The zero-order valence-corrected chi connectivity index (χ0v) is 17.5. The predicted molar refractivity (Wildman–Crippen MR) is 110 cm³/mol. The maximum atomic E-state index is 12.9. The van der Waals surface area contributed by atoms with E-state index >= 15 is 0 Å². The Hall–Kier alpha value is -2.74. The van der Waals surface area contributed by atoms with Gasteiger partial charge in [0.15, 0.2) is 11.5 Å². The Morgan fingerprint density at radius 1 is 1.07 bits per heavy atom. The van der Waals surface area contributed by atoms with E-state index < -0.39 is 10.0 Å². The minimum atomic E-state index is -3.79. The lowest BCUT2D eigenvalue weighted by atomic mass is 10.1. The number of benzene rings is 2. The number of carbonyl (C=O) groups is 1. The van der Waals surface area contributed by atoms with E-state index in [0.29, 0.717) is 23.6 Å². The van der Waals surface area contributed by atoms with Crippen LogP contribution in [0.3, 0.4) is 0 Å². The van der Waals surface area contributed by atoms with Gasteiger partial charge in [-0.15, -0.1) is 0 Å². The quantitative estimate of drug-likeness (QED) is 0.782. The molecule has 7 nitrogen and oxygen atoms in total. The third-order valence-electron chi connectivity index (χ3n) is 5.38. The highest BCUT2D eigenvalue weighted by Gasteiger charge is 2.39. The van der Waals surface area contributed by atoms with Crippen molar-refractivity contribution in [3.63, 3.8) is 0 Å². The van der Waals surface area contributed by atoms with Crippen molar-refractivity contribution >= 4 is 27.3 Å². The van der Waals surface area contributed by atoms with Crippen LogP contribution >= 0.6 is 0 Å². The number of hydrogen-bond acceptors (Lipinski definition) is 5. The smallest absolute Gasteiger partial charge is 0.261 e. The summed E-state index contributed by atoms with van der Waals surface area (Å²) in [4.78, 5) is 14.6. The molecule has 0 saturated heterocycles. The van der Waals surface area contributed by atoms with Gasteiger partial charge in [-0.1, -0.05) is 0 Å². The minimum absolute atomic E-state index is 0.0369. The molecule has 1 aliphatic heterocycles. The monoisotopic (exact) mass is 416 g/mol. The first kappa shape index (κ1) is 19.6. The number of nitrogens with one attached hydrogen (secondary N) is 1. The molecule has 1 fully saturated rings. The zero-order chi connectivity index (χ0) is 20.8. The van der Waals surface area contributed by atoms with Gasteiger partial charge in [-0.05, 0) is 62.1 Å². The number of fused-ring (bicyclic) bond motifs is 1. The first-order valence-electron chi connectivity index (χ1n) is 9.55. The summed E-state index contributed by atoms with van der Waals surface area (Å²) in [6.07, 6.45) is 2.53. The van der Waals surface area contributed by atoms with Crippen molar-refractivity contribution in [3.8, 4) is 11.5 Å². The highest BCUT2D eigenvalue weighted by Crippen LogP contribution is 2.40. The third kappa shape index (κ3) is 3.64. The van der Waals surface area contributed by atoms with Crippen LogP contribution in [0.2, 0.25) is 0 Å². The summed E-state index contributed by atoms with van der Waals surface area (Å²) in [6.45, 7) is 2.00. The van der Waals surface area contributed by atoms with Crippen LogP contribution < -0.4 is 19.1 Å². The summed E-state index contributed by atoms with van der Waals surface area (Å²) in [5.41, 5.74) is 2.07. The fraction of sp³-hybridized carbons (Fsp3) is 0.381. The van der Waals surface area contributed by atoms with Crippen molar-refractivity contribution in [1.29, 1.82) is 0 Å². The minimum Gasteiger partial charge on any atom is -0.493 e. The molecule has 0 aromatic heterocycles. The molecular weight excluding hydrogens is 392 g/mol. The molecule has 1 aliphatic carbocycles. The Morgan fingerprint density at radius 3 is 2.45 bits per heavy atom. The Morgan fingerprint density at radius 2 is 1.79 bits per heavy atom. The second-order valence-electron chi connectivity index (χ2n) is 7.50. The molecule has 1 amide bonds. The van der Waals surface area contributed by atoms with Crippen LogP contribution in [0.4, 0.5) is 11.4 Å². The van der Waals surface area contributed by atoms with Gasteiger partial charge in [-0.2, -0.15) is 0 Å². The first-order chi connectivity index (χ1) is 13.8. The molecule has 0 radical (unpaired) electrons. The molecule has 29 heavy (non-hydrogen) atoms. The van der Waals surface area contributed by atoms with Gasteiger partial charge in [0.25, 0.3) is 10.0 Å². The number of ether oxygens (including phenoxy) is 2. The number of nitrogens with zero attached hydrogens (tertiary/aromatic N) is 1. The summed E-state index contributed by atoms with van der Waals surface area (Å²) in [5, 5.41) is 0. The Labute approximate surface area is 170 Å². The molecule has 0 unspecified atom stereocenters. The van der Waals surface area contributed by atoms with Crippen LogP contribution in [0, 0.1) is 5.92 Å². The van der Waals surface area contributed by atoms with E-state index in [0.717, 1.165) is 24.1 Å². The van der Waals surface area contributed by atoms with E-state index in [-0.39, 0.29) is 22.8 Å². The van der Waals surface area contributed by atoms with Crippen molar-refractivity contribution in [3.05, 3.63) is 42.0 Å². The molecule has 1 heterocycles. The van der Waals surface area contributed by atoms with Crippen molar-refractivity contribution in [2.24, 2.45) is 5.92 Å². The van der Waals surface area contributed by atoms with E-state index in [2.05, 4.69) is 4.72 Å². The van der Waals surface area contributed by atoms with Crippen LogP contribution in [0.1, 0.15) is 25.3 Å². The van der Waals surface area contributed by atoms with Crippen LogP contribution in [0.15, 0.2) is 41.3 Å². The molecule has 1 N–H and O–H groups in total. The van der Waals surface area contributed by atoms with Crippen molar-refractivity contribution in [2.45, 2.75) is 37.1 Å². The van der Waals surface area contributed by atoms with Gasteiger partial charge in [0, 0.05) is 23.7 Å². The fourth-order valence-corrected chi connectivity index (χ4v) is 4.85. The van der Waals surface area contributed by atoms with E-state index in [1.807, 2.05) is 11.8 Å². The normalized spacial score (nSPS) is 18.3. The SMILES string of the molecule is COc1ccc(NS(=O)(=O)c2ccc3c(c2)C[C@H](C)N3C(=O)C2CC2)cc1OC. The van der Waals surface area contributed by atoms with Gasteiger partial charge < -0.3 is 14.4 Å². The molecule has 1 saturated carbocycles. The Kier molecular flexibility index (Phi) is 4.90. The standard InChI is InChI=1S/C21H24N2O5S/c1-13-10-15-11-17(7-8-18(15)23(13)21(24)14-4-5-14)29(25,26)22-16-6-9-19(27-2)20(12-16)28-3/h6-9,11-14,22H,4-5,10H2,1-3H3/t13-/m0/s1. The molecule has 2 aromatic rings. The number of anilines is 2. The van der Waals surface area contributed by atoms with Crippen molar-refractivity contribution in [1.82, 2.24) is 0 Å². The molecule has 154 valence electrons. The van der Waals surface area contributed by atoms with Crippen molar-refractivity contribution in [2.75, 3.05) is 23.8 Å². The van der Waals surface area contributed by atoms with Crippen LogP contribution in [-0.4, -0.2) is 34.6 Å². The van der Waals surface area contributed by atoms with Crippen LogP contribution in [0.25, 0.3) is 0 Å². The average Bonchev–Trinajstić information content (AvgIpc) is 3.49. The van der Waals surface area contributed by atoms with Gasteiger partial charge in [0.1, 0.15) is 0 Å². The van der Waals surface area contributed by atoms with Gasteiger partial charge in [-0.25, -0.2) is 8.42 Å². The second kappa shape index (κ2) is 7.26. The molecule has 2 aliphatic rings. The zero-order valence-electron chi connectivity index (χ0n) is 16.6. The summed E-state index contributed by atoms with van der Waals surface area (Å²) in [5.74, 6) is 1.22. The number of rotatable bonds is 6. The van der Waals surface area contributed by atoms with E-state index in [4.69, 9.17) is 9.47 Å². The molecule has 4 rings (SSSR count). The molecule has 8 heteroatoms. The van der Waals surface area contributed by atoms with E-state index in [1.54, 1.807) is 36.4 Å². The predicted octanol–water partition coefficient (Wildman–Crippen LogP) is 3.19. The Bertz CT molecular complexity index is 1060. The number of carbonyl (C=O) groups excluding carboxylic acids is 1. The van der Waals surface area contributed by atoms with Gasteiger partial charge >= 0.3 is 0 Å². The van der Waals surface area contributed by atoms with Crippen LogP contribution in [-0.2, 0) is 21.2 Å². The van der Waals surface area contributed by atoms with E-state index in [9.17, 15) is 13.2 Å². The number of amides is 1. The molecule has 2 aromatic carbocycles. The topological polar surface area (TPSA) is 84.9 Å². The first-order valence-corrected chi connectivity index (χ1v) is 11.0. The number of hydrogen-bond donors (Lipinski definition) is 1. The largest absolute Gasteiger partial charge is 0.493 e. The molecule has 0 spiro atoms. The maximum absolute atomic E-state index is 12.9. The number of methoxy groups -OCH3 is 2. The summed E-state index contributed by atoms with van der Waals surface area (Å²) >= 11 is 0. The fourth-order valence-electron chi connectivity index (χ4n) is 3.75. The van der Waals surface area contributed by atoms with Crippen LogP contribution in [0.5, 0.6) is 11.5 Å². The lowest BCUT2D eigenvalue weighted by molar-refractivity contribution is -0.120. The third-order valence-corrected chi connectivity index (χ3v) is 6.76. The maximum Gasteiger partial charge on any atom is 0.261 e. The van der Waals surface area contributed by atoms with Gasteiger partial charge in [0.2, 0.25) is 5.91 Å². The molecule has 1 atom stereocenters. The Balaban J connectivity index is 1.60. The molecular formula is C21H24N2O5S. The van der Waals surface area contributed by atoms with Crippen molar-refractivity contribution < 1.29 is 22.7 Å². The van der Waals surface area contributed by atoms with E-state index in [1.165, 1.54) is 14.2 Å². The summed E-state index contributed by atoms with van der Waals surface area (Å²) < 4.78 is 38.8. The van der Waals surface area contributed by atoms with Gasteiger partial charge in [0.05, 0.1) is 24.8 Å². The number of sulfonamides is 1. The second-order valence-corrected chi connectivity index (χ2v) is 9.18.